The monoisotopic (exact) mass is 696 g/mol. The number of ketones is 1. The van der Waals surface area contributed by atoms with Gasteiger partial charge in [-0.3, -0.25) is 19.2 Å². The van der Waals surface area contributed by atoms with E-state index in [1.807, 2.05) is 44.7 Å². The average Bonchev–Trinajstić information content (AvgIpc) is 3.81. The molecule has 0 radical (unpaired) electrons. The Morgan fingerprint density at radius 1 is 0.960 bits per heavy atom. The van der Waals surface area contributed by atoms with E-state index in [1.165, 1.54) is 18.5 Å². The van der Waals surface area contributed by atoms with Crippen molar-refractivity contribution in [2.24, 2.45) is 0 Å². The summed E-state index contributed by atoms with van der Waals surface area (Å²) in [5.74, 6) is 1.29. The van der Waals surface area contributed by atoms with Gasteiger partial charge in [-0.15, -0.1) is 0 Å². The van der Waals surface area contributed by atoms with E-state index in [1.54, 1.807) is 36.4 Å². The number of thioether (sulfide) groups is 1. The van der Waals surface area contributed by atoms with Gasteiger partial charge in [-0.2, -0.15) is 11.8 Å². The summed E-state index contributed by atoms with van der Waals surface area (Å²) in [5, 5.41) is 9.37. The number of fused-ring (bicyclic) bond motifs is 1. The second kappa shape index (κ2) is 14.8. The number of carbonyl (C=O) groups is 3. The van der Waals surface area contributed by atoms with Crippen LogP contribution < -0.4 is 37.8 Å². The molecule has 4 aromatic rings. The fourth-order valence-electron chi connectivity index (χ4n) is 6.19. The van der Waals surface area contributed by atoms with E-state index < -0.39 is 11.1 Å². The van der Waals surface area contributed by atoms with Gasteiger partial charge in [-0.1, -0.05) is 69.7 Å². The van der Waals surface area contributed by atoms with Crippen LogP contribution in [0.15, 0.2) is 68.9 Å². The van der Waals surface area contributed by atoms with E-state index >= 15 is 0 Å². The summed E-state index contributed by atoms with van der Waals surface area (Å²) in [4.78, 5) is 72.5. The summed E-state index contributed by atoms with van der Waals surface area (Å²) in [7, 11) is 0. The van der Waals surface area contributed by atoms with E-state index in [2.05, 4.69) is 30.9 Å². The third-order valence-corrected chi connectivity index (χ3v) is 10.3. The molecule has 4 heterocycles. The van der Waals surface area contributed by atoms with Gasteiger partial charge in [0.1, 0.15) is 22.2 Å². The Labute approximate surface area is 292 Å². The number of oxazole rings is 1. The summed E-state index contributed by atoms with van der Waals surface area (Å²) >= 11 is 1.88. The zero-order valence-electron chi connectivity index (χ0n) is 28.1. The SMILES string of the molecule is CC(C)(C)c1ocnc1C=c1[nH]c(=O)c(=Cc2cccc(C(=O)c3ccc(CNC(=O)CCCCC4SCC5NC(=O)NC54)cc3)c2)[nH]c1=O. The maximum Gasteiger partial charge on any atom is 0.315 e. The van der Waals surface area contributed by atoms with Crippen LogP contribution >= 0.6 is 11.8 Å². The lowest BCUT2D eigenvalue weighted by molar-refractivity contribution is -0.121. The smallest absolute Gasteiger partial charge is 0.315 e. The van der Waals surface area contributed by atoms with Crippen LogP contribution in [0.3, 0.4) is 0 Å². The minimum Gasteiger partial charge on any atom is -0.447 e. The third kappa shape index (κ3) is 8.16. The second-order valence-corrected chi connectivity index (χ2v) is 14.9. The lowest BCUT2D eigenvalue weighted by Crippen LogP contribution is -2.46. The molecule has 0 bridgehead atoms. The van der Waals surface area contributed by atoms with Crippen molar-refractivity contribution in [3.8, 4) is 0 Å². The van der Waals surface area contributed by atoms with Crippen molar-refractivity contribution in [1.29, 1.82) is 0 Å². The van der Waals surface area contributed by atoms with Gasteiger partial charge >= 0.3 is 6.03 Å². The minimum atomic E-state index is -0.504. The van der Waals surface area contributed by atoms with E-state index in [-0.39, 0.29) is 45.9 Å². The van der Waals surface area contributed by atoms with Crippen molar-refractivity contribution in [3.63, 3.8) is 0 Å². The zero-order chi connectivity index (χ0) is 35.4. The molecular weight excluding hydrogens is 657 g/mol. The van der Waals surface area contributed by atoms with Crippen molar-refractivity contribution in [2.75, 3.05) is 5.75 Å². The van der Waals surface area contributed by atoms with Crippen molar-refractivity contribution in [3.05, 3.63) is 120 Å². The van der Waals surface area contributed by atoms with E-state index in [0.717, 1.165) is 30.6 Å². The standard InChI is InChI=1S/C37H40N6O6S/c1-37(2,3)33-25(39-20-49-33)17-27-35(47)40-26(34(46)41-27)16-22-7-6-8-24(15-22)32(45)23-13-11-21(12-14-23)18-38-30(44)10-5-4-9-29-31-28(19-50-29)42-36(48)43-31/h6-8,11-17,20,28-29,31H,4-5,9-10,18-19H2,1-3H3,(H,38,44)(H,40,47)(H,41,46)(H2,42,43,48). The fourth-order valence-corrected chi connectivity index (χ4v) is 7.74. The molecule has 2 aromatic heterocycles. The van der Waals surface area contributed by atoms with Gasteiger partial charge in [0.25, 0.3) is 11.1 Å². The molecule has 5 N–H and O–H groups in total. The van der Waals surface area contributed by atoms with Crippen LogP contribution in [0, 0.1) is 0 Å². The maximum atomic E-state index is 13.3. The molecule has 260 valence electrons. The first-order valence-corrected chi connectivity index (χ1v) is 17.7. The van der Waals surface area contributed by atoms with E-state index in [9.17, 15) is 24.0 Å². The van der Waals surface area contributed by atoms with Gasteiger partial charge in [0, 0.05) is 40.5 Å². The van der Waals surface area contributed by atoms with Gasteiger partial charge in [0.2, 0.25) is 5.91 Å². The highest BCUT2D eigenvalue weighted by Gasteiger charge is 2.42. The summed E-state index contributed by atoms with van der Waals surface area (Å²) < 4.78 is 5.49. The molecule has 0 aliphatic carbocycles. The first-order chi connectivity index (χ1) is 23.9. The largest absolute Gasteiger partial charge is 0.447 e. The summed E-state index contributed by atoms with van der Waals surface area (Å²) in [6.07, 6.45) is 7.39. The first-order valence-electron chi connectivity index (χ1n) is 16.6. The predicted molar refractivity (Wildman–Crippen MR) is 191 cm³/mol. The highest BCUT2D eigenvalue weighted by molar-refractivity contribution is 8.00. The Kier molecular flexibility index (Phi) is 10.2. The number of nitrogens with zero attached hydrogens (tertiary/aromatic N) is 1. The highest BCUT2D eigenvalue weighted by atomic mass is 32.2. The minimum absolute atomic E-state index is 0.0244. The summed E-state index contributed by atoms with van der Waals surface area (Å²) in [6, 6.07) is 14.2. The number of rotatable bonds is 11. The number of amides is 3. The van der Waals surface area contributed by atoms with Crippen LogP contribution in [0.4, 0.5) is 4.79 Å². The molecule has 2 saturated heterocycles. The molecule has 0 saturated carbocycles. The number of urea groups is 1. The van der Waals surface area contributed by atoms with Crippen LogP contribution in [0.25, 0.3) is 12.2 Å². The highest BCUT2D eigenvalue weighted by Crippen LogP contribution is 2.33. The Morgan fingerprint density at radius 2 is 1.70 bits per heavy atom. The molecule has 3 unspecified atom stereocenters. The Hall–Kier alpha value is -5.17. The Bertz CT molecular complexity index is 2150. The zero-order valence-corrected chi connectivity index (χ0v) is 28.9. The molecule has 13 heteroatoms. The molecule has 2 aromatic carbocycles. The Morgan fingerprint density at radius 3 is 2.44 bits per heavy atom. The number of hydrogen-bond donors (Lipinski definition) is 5. The quantitative estimate of drug-likeness (QED) is 0.0902. The van der Waals surface area contributed by atoms with Gasteiger partial charge in [0.05, 0.1) is 12.1 Å². The average molecular weight is 697 g/mol. The molecule has 6 rings (SSSR count). The number of benzene rings is 2. The van der Waals surface area contributed by atoms with Crippen molar-refractivity contribution in [2.45, 2.75) is 75.7 Å². The number of nitrogens with one attached hydrogen (secondary N) is 5. The van der Waals surface area contributed by atoms with Crippen molar-refractivity contribution >= 4 is 41.6 Å². The molecule has 12 nitrogen and oxygen atoms in total. The number of aromatic amines is 2. The van der Waals surface area contributed by atoms with Crippen molar-refractivity contribution < 1.29 is 18.8 Å². The van der Waals surface area contributed by atoms with Gasteiger partial charge in [-0.05, 0) is 42.2 Å². The summed E-state index contributed by atoms with van der Waals surface area (Å²) in [5.41, 5.74) is 1.44. The molecule has 0 spiro atoms. The van der Waals surface area contributed by atoms with Crippen molar-refractivity contribution in [1.82, 2.24) is 30.9 Å². The third-order valence-electron chi connectivity index (χ3n) is 8.79. The fraction of sp³-hybridized carbons (Fsp3) is 0.351. The molecule has 2 fully saturated rings. The van der Waals surface area contributed by atoms with E-state index in [0.29, 0.717) is 46.4 Å². The van der Waals surface area contributed by atoms with Crippen LogP contribution in [0.5, 0.6) is 0 Å². The van der Waals surface area contributed by atoms with Gasteiger partial charge in [0.15, 0.2) is 12.2 Å². The lowest BCUT2D eigenvalue weighted by Gasteiger charge is -2.16. The first kappa shape index (κ1) is 34.7. The van der Waals surface area contributed by atoms with Crippen LogP contribution in [0.1, 0.15) is 85.0 Å². The normalized spacial score (nSPS) is 19.3. The van der Waals surface area contributed by atoms with Crippen LogP contribution in [-0.2, 0) is 16.8 Å². The second-order valence-electron chi connectivity index (χ2n) is 13.6. The maximum absolute atomic E-state index is 13.3. The van der Waals surface area contributed by atoms with E-state index in [4.69, 9.17) is 4.42 Å². The molecule has 50 heavy (non-hydrogen) atoms. The summed E-state index contributed by atoms with van der Waals surface area (Å²) in [6.45, 7) is 6.23. The number of carbonyl (C=O) groups excluding carboxylic acids is 3. The number of hydrogen-bond acceptors (Lipinski definition) is 8. The number of H-pyrrole nitrogens is 2. The van der Waals surface area contributed by atoms with Crippen LogP contribution in [-0.4, -0.2) is 55.8 Å². The predicted octanol–water partition coefficient (Wildman–Crippen LogP) is 2.58. The Balaban J connectivity index is 1.03. The number of unbranched alkanes of at least 4 members (excludes halogenated alkanes) is 1. The molecule has 2 aliphatic rings. The lowest BCUT2D eigenvalue weighted by atomic mass is 9.92. The number of aromatic nitrogens is 3. The molecule has 3 atom stereocenters. The topological polar surface area (TPSA) is 179 Å². The molecule has 2 aliphatic heterocycles. The van der Waals surface area contributed by atoms with Gasteiger partial charge < -0.3 is 30.3 Å². The molecule has 3 amide bonds. The van der Waals surface area contributed by atoms with Gasteiger partial charge in [-0.25, -0.2) is 9.78 Å². The molecular formula is C37H40N6O6S. The van der Waals surface area contributed by atoms with Crippen LogP contribution in [0.2, 0.25) is 0 Å².